The zero-order valence-corrected chi connectivity index (χ0v) is 9.45. The largest absolute Gasteiger partial charge is 0.458 e. The number of fused-ring (bicyclic) bond motifs is 1. The number of esters is 1. The summed E-state index contributed by atoms with van der Waals surface area (Å²) in [6.45, 7) is 2.97. The molecule has 0 heterocycles. The Balaban J connectivity index is 2.28. The summed E-state index contributed by atoms with van der Waals surface area (Å²) in [5.41, 5.74) is 2.89. The minimum Gasteiger partial charge on any atom is -0.458 e. The van der Waals surface area contributed by atoms with E-state index < -0.39 is 0 Å². The summed E-state index contributed by atoms with van der Waals surface area (Å²) >= 11 is 0. The number of Topliss-reactive ketones (excluding diaryl/α,β-unsaturated/α-hetero) is 1. The molecule has 0 N–H and O–H groups in total. The van der Waals surface area contributed by atoms with Gasteiger partial charge in [0.25, 0.3) is 0 Å². The van der Waals surface area contributed by atoms with Crippen LogP contribution in [0, 0.1) is 0 Å². The van der Waals surface area contributed by atoms with Crippen LogP contribution in [0.15, 0.2) is 18.2 Å². The van der Waals surface area contributed by atoms with E-state index in [1.807, 2.05) is 12.1 Å². The molecular weight excluding hydrogens is 204 g/mol. The molecule has 0 saturated heterocycles. The average molecular weight is 218 g/mol. The summed E-state index contributed by atoms with van der Waals surface area (Å²) in [5, 5.41) is 0. The second-order valence-electron chi connectivity index (χ2n) is 4.11. The second-order valence-corrected chi connectivity index (χ2v) is 4.11. The predicted octanol–water partition coefficient (Wildman–Crippen LogP) is 2.44. The highest BCUT2D eigenvalue weighted by Gasteiger charge is 2.25. The monoisotopic (exact) mass is 218 g/mol. The van der Waals surface area contributed by atoms with Gasteiger partial charge in [0.2, 0.25) is 0 Å². The first-order valence-corrected chi connectivity index (χ1v) is 5.39. The van der Waals surface area contributed by atoms with E-state index in [4.69, 9.17) is 4.74 Å². The van der Waals surface area contributed by atoms with E-state index in [0.717, 1.165) is 29.5 Å². The topological polar surface area (TPSA) is 43.4 Å². The maximum Gasteiger partial charge on any atom is 0.303 e. The minimum absolute atomic E-state index is 0.0683. The molecule has 2 rings (SSSR count). The molecule has 0 aliphatic heterocycles. The van der Waals surface area contributed by atoms with Crippen LogP contribution in [0.1, 0.15) is 47.9 Å². The van der Waals surface area contributed by atoms with Crippen LogP contribution in [0.5, 0.6) is 0 Å². The fourth-order valence-corrected chi connectivity index (χ4v) is 2.12. The Kier molecular flexibility index (Phi) is 2.77. The van der Waals surface area contributed by atoms with Gasteiger partial charge in [0, 0.05) is 12.5 Å². The number of carbonyl (C=O) groups excluding carboxylic acids is 2. The van der Waals surface area contributed by atoms with Gasteiger partial charge in [-0.05, 0) is 37.0 Å². The lowest BCUT2D eigenvalue weighted by atomic mass is 10.0. The molecule has 3 heteroatoms. The molecule has 0 aromatic heterocycles. The molecule has 16 heavy (non-hydrogen) atoms. The molecule has 3 nitrogen and oxygen atoms in total. The van der Waals surface area contributed by atoms with Gasteiger partial charge < -0.3 is 4.74 Å². The van der Waals surface area contributed by atoms with Crippen molar-refractivity contribution in [2.75, 3.05) is 0 Å². The molecule has 1 unspecified atom stereocenters. The normalized spacial score (nSPS) is 18.0. The number of carbonyl (C=O) groups is 2. The third kappa shape index (κ3) is 1.98. The molecule has 0 saturated carbocycles. The van der Waals surface area contributed by atoms with E-state index in [0.29, 0.717) is 0 Å². The average Bonchev–Trinajstić information content (AvgIpc) is 2.60. The molecule has 1 aromatic rings. The first-order chi connectivity index (χ1) is 7.58. The maximum absolute atomic E-state index is 11.2. The van der Waals surface area contributed by atoms with E-state index in [2.05, 4.69) is 0 Å². The SMILES string of the molecule is CC(=O)OC1CCc2cc(C(C)=O)ccc21. The predicted molar refractivity (Wildman–Crippen MR) is 59.3 cm³/mol. The number of ketones is 1. The van der Waals surface area contributed by atoms with Crippen molar-refractivity contribution in [1.82, 2.24) is 0 Å². The number of ether oxygens (including phenoxy) is 1. The molecule has 0 bridgehead atoms. The fourth-order valence-electron chi connectivity index (χ4n) is 2.12. The van der Waals surface area contributed by atoms with Crippen molar-refractivity contribution in [3.05, 3.63) is 34.9 Å². The van der Waals surface area contributed by atoms with E-state index in [9.17, 15) is 9.59 Å². The highest BCUT2D eigenvalue weighted by molar-refractivity contribution is 5.94. The smallest absolute Gasteiger partial charge is 0.303 e. The van der Waals surface area contributed by atoms with Crippen molar-refractivity contribution in [3.63, 3.8) is 0 Å². The summed E-state index contributed by atoms with van der Waals surface area (Å²) in [6, 6.07) is 5.59. The highest BCUT2D eigenvalue weighted by atomic mass is 16.5. The van der Waals surface area contributed by atoms with Gasteiger partial charge in [0.05, 0.1) is 0 Å². The highest BCUT2D eigenvalue weighted by Crippen LogP contribution is 2.34. The van der Waals surface area contributed by atoms with Crippen LogP contribution in [0.25, 0.3) is 0 Å². The van der Waals surface area contributed by atoms with Crippen LogP contribution in [-0.2, 0) is 16.0 Å². The van der Waals surface area contributed by atoms with E-state index in [1.165, 1.54) is 6.92 Å². The van der Waals surface area contributed by atoms with Crippen LogP contribution in [0.3, 0.4) is 0 Å². The van der Waals surface area contributed by atoms with Gasteiger partial charge >= 0.3 is 5.97 Å². The zero-order chi connectivity index (χ0) is 11.7. The van der Waals surface area contributed by atoms with Gasteiger partial charge in [-0.1, -0.05) is 12.1 Å². The van der Waals surface area contributed by atoms with Crippen molar-refractivity contribution in [2.45, 2.75) is 32.8 Å². The number of hydrogen-bond donors (Lipinski definition) is 0. The van der Waals surface area contributed by atoms with Crippen LogP contribution in [0.2, 0.25) is 0 Å². The van der Waals surface area contributed by atoms with Crippen LogP contribution >= 0.6 is 0 Å². The lowest BCUT2D eigenvalue weighted by Crippen LogP contribution is -2.05. The number of rotatable bonds is 2. The summed E-state index contributed by atoms with van der Waals surface area (Å²) in [7, 11) is 0. The first-order valence-electron chi connectivity index (χ1n) is 5.39. The molecule has 0 amide bonds. The molecule has 1 aliphatic rings. The Morgan fingerprint density at radius 1 is 1.31 bits per heavy atom. The summed E-state index contributed by atoms with van der Waals surface area (Å²) in [5.74, 6) is -0.188. The van der Waals surface area contributed by atoms with Crippen molar-refractivity contribution in [3.8, 4) is 0 Å². The lowest BCUT2D eigenvalue weighted by molar-refractivity contribution is -0.146. The fraction of sp³-hybridized carbons (Fsp3) is 0.385. The summed E-state index contributed by atoms with van der Waals surface area (Å²) in [6.07, 6.45) is 1.55. The van der Waals surface area contributed by atoms with Crippen molar-refractivity contribution in [2.24, 2.45) is 0 Å². The van der Waals surface area contributed by atoms with Crippen LogP contribution in [-0.4, -0.2) is 11.8 Å². The molecule has 0 fully saturated rings. The van der Waals surface area contributed by atoms with Gasteiger partial charge in [0.1, 0.15) is 6.10 Å². The van der Waals surface area contributed by atoms with Gasteiger partial charge in [-0.2, -0.15) is 0 Å². The third-order valence-electron chi connectivity index (χ3n) is 2.88. The Bertz CT molecular complexity index is 448. The molecule has 0 spiro atoms. The van der Waals surface area contributed by atoms with Gasteiger partial charge in [0.15, 0.2) is 5.78 Å². The Hall–Kier alpha value is -1.64. The van der Waals surface area contributed by atoms with Crippen molar-refractivity contribution in [1.29, 1.82) is 0 Å². The first kappa shape index (κ1) is 10.9. The molecule has 1 atom stereocenters. The van der Waals surface area contributed by atoms with Crippen LogP contribution in [0.4, 0.5) is 0 Å². The second kappa shape index (κ2) is 4.08. The Morgan fingerprint density at radius 3 is 2.69 bits per heavy atom. The van der Waals surface area contributed by atoms with Crippen molar-refractivity contribution >= 4 is 11.8 Å². The maximum atomic E-state index is 11.2. The van der Waals surface area contributed by atoms with Crippen LogP contribution < -0.4 is 0 Å². The van der Waals surface area contributed by atoms with E-state index in [-0.39, 0.29) is 17.9 Å². The minimum atomic E-state index is -0.256. The van der Waals surface area contributed by atoms with Gasteiger partial charge in [-0.15, -0.1) is 0 Å². The van der Waals surface area contributed by atoms with Gasteiger partial charge in [-0.25, -0.2) is 0 Å². The number of aryl methyl sites for hydroxylation is 1. The molecule has 84 valence electrons. The quantitative estimate of drug-likeness (QED) is 0.565. The number of hydrogen-bond acceptors (Lipinski definition) is 3. The Morgan fingerprint density at radius 2 is 2.06 bits per heavy atom. The summed E-state index contributed by atoms with van der Waals surface area (Å²) < 4.78 is 5.21. The molecule has 1 aromatic carbocycles. The molecule has 0 radical (unpaired) electrons. The Labute approximate surface area is 94.4 Å². The van der Waals surface area contributed by atoms with E-state index >= 15 is 0 Å². The number of benzene rings is 1. The van der Waals surface area contributed by atoms with E-state index in [1.54, 1.807) is 13.0 Å². The zero-order valence-electron chi connectivity index (χ0n) is 9.45. The van der Waals surface area contributed by atoms with Crippen molar-refractivity contribution < 1.29 is 14.3 Å². The molecule has 1 aliphatic carbocycles. The third-order valence-corrected chi connectivity index (χ3v) is 2.88. The van der Waals surface area contributed by atoms with Gasteiger partial charge in [-0.3, -0.25) is 9.59 Å². The summed E-state index contributed by atoms with van der Waals surface area (Å²) in [4.78, 5) is 22.1. The standard InChI is InChI=1S/C13H14O3/c1-8(14)10-3-5-12-11(7-10)4-6-13(12)16-9(2)15/h3,5,7,13H,4,6H2,1-2H3. The lowest BCUT2D eigenvalue weighted by Gasteiger charge is -2.11. The molecular formula is C13H14O3.